The van der Waals surface area contributed by atoms with Gasteiger partial charge in [0.25, 0.3) is 0 Å². The third-order valence-corrected chi connectivity index (χ3v) is 3.15. The maximum atomic E-state index is 13.0. The number of hydrogen-bond donors (Lipinski definition) is 0. The Hall–Kier alpha value is -1.38. The maximum absolute atomic E-state index is 13.0. The number of piperidine rings is 1. The minimum absolute atomic E-state index is 0.206. The summed E-state index contributed by atoms with van der Waals surface area (Å²) in [5.41, 5.74) is 1.97. The van der Waals surface area contributed by atoms with E-state index in [2.05, 4.69) is 4.90 Å². The predicted molar refractivity (Wildman–Crippen MR) is 62.2 cm³/mol. The van der Waals surface area contributed by atoms with Crippen LogP contribution in [-0.2, 0) is 4.79 Å². The van der Waals surface area contributed by atoms with Crippen LogP contribution < -0.4 is 4.90 Å². The molecule has 1 saturated heterocycles. The van der Waals surface area contributed by atoms with E-state index in [9.17, 15) is 9.18 Å². The smallest absolute Gasteiger partial charge is 0.136 e. The van der Waals surface area contributed by atoms with Crippen molar-refractivity contribution in [3.8, 4) is 0 Å². The highest BCUT2D eigenvalue weighted by Crippen LogP contribution is 2.26. The van der Waals surface area contributed by atoms with Crippen LogP contribution >= 0.6 is 0 Å². The molecule has 1 aromatic rings. The van der Waals surface area contributed by atoms with E-state index in [0.29, 0.717) is 18.6 Å². The van der Waals surface area contributed by atoms with E-state index in [1.165, 1.54) is 6.07 Å². The zero-order chi connectivity index (χ0) is 11.7. The van der Waals surface area contributed by atoms with Crippen molar-refractivity contribution >= 4 is 11.5 Å². The molecule has 0 radical (unpaired) electrons. The Kier molecular flexibility index (Phi) is 2.95. The van der Waals surface area contributed by atoms with E-state index in [-0.39, 0.29) is 11.9 Å². The highest BCUT2D eigenvalue weighted by Gasteiger charge is 2.24. The second kappa shape index (κ2) is 4.24. The normalized spacial score (nSPS) is 21.3. The first-order chi connectivity index (χ1) is 7.58. The molecule has 2 rings (SSSR count). The SMILES string of the molecule is Cc1cc(F)ccc1N1CCC(=O)CC1C. The number of Topliss-reactive ketones (excluding diaryl/α,β-unsaturated/α-hetero) is 1. The topological polar surface area (TPSA) is 20.3 Å². The van der Waals surface area contributed by atoms with Gasteiger partial charge in [0.15, 0.2) is 0 Å². The lowest BCUT2D eigenvalue weighted by atomic mass is 10.0. The number of halogens is 1. The van der Waals surface area contributed by atoms with E-state index in [1.54, 1.807) is 12.1 Å². The number of ketones is 1. The lowest BCUT2D eigenvalue weighted by Crippen LogP contribution is -2.41. The molecule has 1 atom stereocenters. The number of carbonyl (C=O) groups is 1. The number of rotatable bonds is 1. The second-order valence-electron chi connectivity index (χ2n) is 4.47. The molecule has 1 fully saturated rings. The van der Waals surface area contributed by atoms with Crippen molar-refractivity contribution in [2.75, 3.05) is 11.4 Å². The van der Waals surface area contributed by atoms with E-state index in [4.69, 9.17) is 0 Å². The Balaban J connectivity index is 2.26. The van der Waals surface area contributed by atoms with Gasteiger partial charge in [-0.15, -0.1) is 0 Å². The first-order valence-electron chi connectivity index (χ1n) is 5.62. The van der Waals surface area contributed by atoms with Gasteiger partial charge in [-0.1, -0.05) is 0 Å². The molecule has 3 heteroatoms. The first kappa shape index (κ1) is 11.1. The standard InChI is InChI=1S/C13H16FNO/c1-9-7-11(14)3-4-13(9)15-6-5-12(16)8-10(15)2/h3-4,7,10H,5-6,8H2,1-2H3. The van der Waals surface area contributed by atoms with Crippen LogP contribution in [0.3, 0.4) is 0 Å². The fourth-order valence-electron chi connectivity index (χ4n) is 2.31. The van der Waals surface area contributed by atoms with Crippen LogP contribution in [0.4, 0.5) is 10.1 Å². The molecule has 0 bridgehead atoms. The second-order valence-corrected chi connectivity index (χ2v) is 4.47. The Labute approximate surface area is 95.1 Å². The fraction of sp³-hybridized carbons (Fsp3) is 0.462. The Morgan fingerprint density at radius 1 is 1.44 bits per heavy atom. The summed E-state index contributed by atoms with van der Waals surface area (Å²) in [6.45, 7) is 4.69. The summed E-state index contributed by atoms with van der Waals surface area (Å²) in [6, 6.07) is 5.03. The van der Waals surface area contributed by atoms with Gasteiger partial charge in [-0.3, -0.25) is 4.79 Å². The summed E-state index contributed by atoms with van der Waals surface area (Å²) >= 11 is 0. The van der Waals surface area contributed by atoms with Crippen LogP contribution in [-0.4, -0.2) is 18.4 Å². The largest absolute Gasteiger partial charge is 0.368 e. The Bertz CT molecular complexity index is 416. The first-order valence-corrected chi connectivity index (χ1v) is 5.62. The average Bonchev–Trinajstić information content (AvgIpc) is 2.19. The molecule has 1 unspecified atom stereocenters. The number of aryl methyl sites for hydroxylation is 1. The number of carbonyl (C=O) groups excluding carboxylic acids is 1. The fourth-order valence-corrected chi connectivity index (χ4v) is 2.31. The maximum Gasteiger partial charge on any atom is 0.136 e. The van der Waals surface area contributed by atoms with Crippen molar-refractivity contribution in [1.29, 1.82) is 0 Å². The molecule has 0 saturated carbocycles. The summed E-state index contributed by atoms with van der Waals surface area (Å²) in [7, 11) is 0. The molecule has 0 aromatic heterocycles. The summed E-state index contributed by atoms with van der Waals surface area (Å²) in [6.07, 6.45) is 1.19. The molecule has 1 aliphatic heterocycles. The molecule has 0 amide bonds. The van der Waals surface area contributed by atoms with Crippen molar-refractivity contribution in [3.63, 3.8) is 0 Å². The van der Waals surface area contributed by atoms with Crippen LogP contribution in [0.1, 0.15) is 25.3 Å². The monoisotopic (exact) mass is 221 g/mol. The zero-order valence-corrected chi connectivity index (χ0v) is 9.66. The van der Waals surface area contributed by atoms with Crippen LogP contribution in [0.25, 0.3) is 0 Å². The molecule has 16 heavy (non-hydrogen) atoms. The highest BCUT2D eigenvalue weighted by molar-refractivity contribution is 5.81. The van der Waals surface area contributed by atoms with Crippen LogP contribution in [0.2, 0.25) is 0 Å². The van der Waals surface area contributed by atoms with Gasteiger partial charge in [-0.25, -0.2) is 4.39 Å². The quantitative estimate of drug-likeness (QED) is 0.726. The van der Waals surface area contributed by atoms with Crippen LogP contribution in [0.15, 0.2) is 18.2 Å². The van der Waals surface area contributed by atoms with E-state index in [1.807, 2.05) is 13.8 Å². The lowest BCUT2D eigenvalue weighted by molar-refractivity contribution is -0.120. The van der Waals surface area contributed by atoms with Crippen molar-refractivity contribution in [2.45, 2.75) is 32.7 Å². The van der Waals surface area contributed by atoms with Crippen molar-refractivity contribution in [2.24, 2.45) is 0 Å². The minimum Gasteiger partial charge on any atom is -0.368 e. The van der Waals surface area contributed by atoms with Crippen molar-refractivity contribution in [3.05, 3.63) is 29.6 Å². The summed E-state index contributed by atoms with van der Waals surface area (Å²) in [4.78, 5) is 13.5. The highest BCUT2D eigenvalue weighted by atomic mass is 19.1. The molecule has 1 aliphatic rings. The molecule has 2 nitrogen and oxygen atoms in total. The Morgan fingerprint density at radius 2 is 2.19 bits per heavy atom. The lowest BCUT2D eigenvalue weighted by Gasteiger charge is -2.35. The van der Waals surface area contributed by atoms with Gasteiger partial charge in [-0.05, 0) is 37.6 Å². The molecular formula is C13H16FNO. The van der Waals surface area contributed by atoms with E-state index in [0.717, 1.165) is 17.8 Å². The van der Waals surface area contributed by atoms with Crippen LogP contribution in [0, 0.1) is 12.7 Å². The van der Waals surface area contributed by atoms with Crippen LogP contribution in [0.5, 0.6) is 0 Å². The molecule has 1 aromatic carbocycles. The van der Waals surface area contributed by atoms with Gasteiger partial charge >= 0.3 is 0 Å². The summed E-state index contributed by atoms with van der Waals surface area (Å²) in [5.74, 6) is 0.116. The van der Waals surface area contributed by atoms with E-state index >= 15 is 0 Å². The molecule has 1 heterocycles. The Morgan fingerprint density at radius 3 is 2.81 bits per heavy atom. The van der Waals surface area contributed by atoms with Gasteiger partial charge in [0, 0.05) is 31.1 Å². The van der Waals surface area contributed by atoms with Gasteiger partial charge < -0.3 is 4.90 Å². The van der Waals surface area contributed by atoms with Gasteiger partial charge in [0.1, 0.15) is 11.6 Å². The molecule has 0 aliphatic carbocycles. The summed E-state index contributed by atoms with van der Waals surface area (Å²) in [5, 5.41) is 0. The number of benzene rings is 1. The predicted octanol–water partition coefficient (Wildman–Crippen LogP) is 2.69. The molecule has 0 N–H and O–H groups in total. The average molecular weight is 221 g/mol. The third-order valence-electron chi connectivity index (χ3n) is 3.15. The minimum atomic E-state index is -0.206. The van der Waals surface area contributed by atoms with Crippen molar-refractivity contribution in [1.82, 2.24) is 0 Å². The molecule has 0 spiro atoms. The number of anilines is 1. The zero-order valence-electron chi connectivity index (χ0n) is 9.66. The summed E-state index contributed by atoms with van der Waals surface area (Å²) < 4.78 is 13.0. The van der Waals surface area contributed by atoms with Gasteiger partial charge in [0.2, 0.25) is 0 Å². The van der Waals surface area contributed by atoms with Crippen molar-refractivity contribution < 1.29 is 9.18 Å². The number of hydrogen-bond acceptors (Lipinski definition) is 2. The third kappa shape index (κ3) is 2.08. The van der Waals surface area contributed by atoms with Gasteiger partial charge in [-0.2, -0.15) is 0 Å². The van der Waals surface area contributed by atoms with Gasteiger partial charge in [0.05, 0.1) is 0 Å². The molecule has 86 valence electrons. The molecular weight excluding hydrogens is 205 g/mol. The number of nitrogens with zero attached hydrogens (tertiary/aromatic N) is 1. The van der Waals surface area contributed by atoms with E-state index < -0.39 is 0 Å².